The molecule has 0 saturated carbocycles. The number of hydrogen-bond acceptors (Lipinski definition) is 8. The first-order valence-corrected chi connectivity index (χ1v) is 13.6. The van der Waals surface area contributed by atoms with E-state index in [1.54, 1.807) is 38.1 Å². The van der Waals surface area contributed by atoms with Crippen LogP contribution >= 0.6 is 11.6 Å². The van der Waals surface area contributed by atoms with Crippen LogP contribution in [0.3, 0.4) is 0 Å². The Balaban J connectivity index is 1.97. The Bertz CT molecular complexity index is 1330. The summed E-state index contributed by atoms with van der Waals surface area (Å²) in [4.78, 5) is 8.92. The van der Waals surface area contributed by atoms with E-state index in [9.17, 15) is 13.5 Å². The van der Waals surface area contributed by atoms with Gasteiger partial charge in [0.15, 0.2) is 15.7 Å². The zero-order valence-electron chi connectivity index (χ0n) is 21.3. The van der Waals surface area contributed by atoms with E-state index in [0.29, 0.717) is 17.1 Å². The fraction of sp³-hybridized carbons (Fsp3) is 0.385. The molecule has 0 unspecified atom stereocenters. The lowest BCUT2D eigenvalue weighted by atomic mass is 9.85. The number of benzene rings is 2. The molecule has 0 saturated heterocycles. The molecule has 36 heavy (non-hydrogen) atoms. The highest BCUT2D eigenvalue weighted by Gasteiger charge is 2.24. The number of aromatic nitrogens is 2. The molecule has 3 N–H and O–H groups in total. The molecule has 0 spiro atoms. The molecule has 194 valence electrons. The number of rotatable bonds is 10. The Labute approximate surface area is 218 Å². The monoisotopic (exact) mass is 532 g/mol. The normalized spacial score (nSPS) is 12.2. The van der Waals surface area contributed by atoms with Crippen molar-refractivity contribution in [1.82, 2.24) is 9.97 Å². The van der Waals surface area contributed by atoms with Crippen LogP contribution in [0, 0.1) is 0 Å². The maximum Gasteiger partial charge on any atom is 0.229 e. The summed E-state index contributed by atoms with van der Waals surface area (Å²) in [6.45, 7) is 11.0. The summed E-state index contributed by atoms with van der Waals surface area (Å²) in [6.07, 6.45) is 1.35. The van der Waals surface area contributed by atoms with Crippen molar-refractivity contribution in [3.63, 3.8) is 0 Å². The zero-order chi connectivity index (χ0) is 26.7. The standard InChI is InChI=1S/C26H33ClN4O4S/c1-16(2)35-22-13-18(26(5,6)15-32)11-12-20(22)30-25-28-14-19(27)24(31-25)29-21-9-7-8-10-23(21)36(33,34)17(3)4/h7-14,16-17,32H,15H2,1-6H3,(H2,28,29,30,31). The minimum atomic E-state index is -3.53. The molecule has 0 amide bonds. The molecule has 1 aromatic heterocycles. The molecule has 0 aliphatic rings. The van der Waals surface area contributed by atoms with Crippen LogP contribution in [0.2, 0.25) is 5.02 Å². The quantitative estimate of drug-likeness (QED) is 0.297. The second-order valence-electron chi connectivity index (χ2n) is 9.65. The summed E-state index contributed by atoms with van der Waals surface area (Å²) < 4.78 is 31.7. The lowest BCUT2D eigenvalue weighted by molar-refractivity contribution is 0.216. The van der Waals surface area contributed by atoms with Crippen LogP contribution in [0.15, 0.2) is 53.6 Å². The molecule has 0 radical (unpaired) electrons. The number of nitrogens with zero attached hydrogens (tertiary/aromatic N) is 2. The summed E-state index contributed by atoms with van der Waals surface area (Å²) in [7, 11) is -3.53. The summed E-state index contributed by atoms with van der Waals surface area (Å²) in [5.41, 5.74) is 1.49. The fourth-order valence-corrected chi connectivity index (χ4v) is 4.66. The van der Waals surface area contributed by atoms with E-state index in [2.05, 4.69) is 20.6 Å². The van der Waals surface area contributed by atoms with Crippen molar-refractivity contribution in [3.8, 4) is 5.75 Å². The third-order valence-corrected chi connectivity index (χ3v) is 8.07. The molecule has 10 heteroatoms. The van der Waals surface area contributed by atoms with E-state index in [-0.39, 0.29) is 34.4 Å². The van der Waals surface area contributed by atoms with E-state index in [4.69, 9.17) is 16.3 Å². The largest absolute Gasteiger partial charge is 0.489 e. The number of anilines is 4. The molecular weight excluding hydrogens is 500 g/mol. The number of aliphatic hydroxyl groups is 1. The average molecular weight is 533 g/mol. The third kappa shape index (κ3) is 6.27. The average Bonchev–Trinajstić information content (AvgIpc) is 2.82. The van der Waals surface area contributed by atoms with E-state index in [1.807, 2.05) is 45.9 Å². The molecule has 3 aromatic rings. The van der Waals surface area contributed by atoms with Gasteiger partial charge in [0.2, 0.25) is 5.95 Å². The molecule has 0 fully saturated rings. The number of aliphatic hydroxyl groups excluding tert-OH is 1. The second-order valence-corrected chi connectivity index (χ2v) is 12.5. The maximum atomic E-state index is 12.8. The number of hydrogen-bond donors (Lipinski definition) is 3. The van der Waals surface area contributed by atoms with Crippen molar-refractivity contribution >= 4 is 44.6 Å². The molecule has 0 bridgehead atoms. The number of ether oxygens (including phenoxy) is 1. The molecule has 0 aliphatic carbocycles. The van der Waals surface area contributed by atoms with Gasteiger partial charge in [0.1, 0.15) is 10.8 Å². The molecule has 8 nitrogen and oxygen atoms in total. The van der Waals surface area contributed by atoms with Gasteiger partial charge in [-0.2, -0.15) is 4.98 Å². The van der Waals surface area contributed by atoms with Crippen LogP contribution in [0.1, 0.15) is 47.1 Å². The lowest BCUT2D eigenvalue weighted by Gasteiger charge is -2.24. The Hall–Kier alpha value is -2.88. The van der Waals surface area contributed by atoms with Gasteiger partial charge in [-0.3, -0.25) is 0 Å². The maximum absolute atomic E-state index is 12.8. The van der Waals surface area contributed by atoms with E-state index < -0.39 is 20.5 Å². The molecule has 0 aliphatic heterocycles. The number of nitrogens with one attached hydrogen (secondary N) is 2. The van der Waals surface area contributed by atoms with Crippen molar-refractivity contribution in [3.05, 3.63) is 59.2 Å². The smallest absolute Gasteiger partial charge is 0.229 e. The first-order valence-electron chi connectivity index (χ1n) is 11.7. The van der Waals surface area contributed by atoms with Gasteiger partial charge in [-0.15, -0.1) is 0 Å². The van der Waals surface area contributed by atoms with Gasteiger partial charge in [0.05, 0.1) is 40.4 Å². The Morgan fingerprint density at radius 3 is 2.39 bits per heavy atom. The minimum Gasteiger partial charge on any atom is -0.489 e. The molecule has 1 heterocycles. The highest BCUT2D eigenvalue weighted by Crippen LogP contribution is 2.35. The van der Waals surface area contributed by atoms with Crippen LogP contribution in [-0.4, -0.2) is 41.5 Å². The van der Waals surface area contributed by atoms with Crippen molar-refractivity contribution in [2.45, 2.75) is 63.2 Å². The van der Waals surface area contributed by atoms with Crippen molar-refractivity contribution < 1.29 is 18.3 Å². The van der Waals surface area contributed by atoms with Gasteiger partial charge in [-0.05, 0) is 57.5 Å². The zero-order valence-corrected chi connectivity index (χ0v) is 22.9. The van der Waals surface area contributed by atoms with Gasteiger partial charge in [-0.25, -0.2) is 13.4 Å². The molecular formula is C26H33ClN4O4S. The summed E-state index contributed by atoms with van der Waals surface area (Å²) in [6, 6.07) is 12.3. The second kappa shape index (κ2) is 11.0. The predicted octanol–water partition coefficient (Wildman–Crippen LogP) is 5.86. The van der Waals surface area contributed by atoms with Gasteiger partial charge in [0, 0.05) is 5.41 Å². The lowest BCUT2D eigenvalue weighted by Crippen LogP contribution is -2.22. The topological polar surface area (TPSA) is 113 Å². The Kier molecular flexibility index (Phi) is 8.48. The Morgan fingerprint density at radius 1 is 1.06 bits per heavy atom. The number of halogens is 1. The minimum absolute atomic E-state index is 0.00970. The van der Waals surface area contributed by atoms with Crippen LogP contribution in [0.5, 0.6) is 5.75 Å². The SMILES string of the molecule is CC(C)Oc1cc(C(C)(C)CO)ccc1Nc1ncc(Cl)c(Nc2ccccc2S(=O)(=O)C(C)C)n1. The summed E-state index contributed by atoms with van der Waals surface area (Å²) in [5.74, 6) is 1.09. The van der Waals surface area contributed by atoms with E-state index in [1.165, 1.54) is 6.20 Å². The van der Waals surface area contributed by atoms with Crippen molar-refractivity contribution in [1.29, 1.82) is 0 Å². The van der Waals surface area contributed by atoms with Crippen LogP contribution in [0.25, 0.3) is 0 Å². The van der Waals surface area contributed by atoms with Crippen molar-refractivity contribution in [2.75, 3.05) is 17.2 Å². The third-order valence-electron chi connectivity index (χ3n) is 5.58. The van der Waals surface area contributed by atoms with Gasteiger partial charge >= 0.3 is 0 Å². The highest BCUT2D eigenvalue weighted by atomic mass is 35.5. The number of para-hydroxylation sites is 1. The molecule has 2 aromatic carbocycles. The molecule has 3 rings (SSSR count). The van der Waals surface area contributed by atoms with Crippen LogP contribution in [0.4, 0.5) is 23.1 Å². The summed E-state index contributed by atoms with van der Waals surface area (Å²) in [5, 5.41) is 15.6. The van der Waals surface area contributed by atoms with E-state index in [0.717, 1.165) is 5.56 Å². The van der Waals surface area contributed by atoms with Crippen LogP contribution in [-0.2, 0) is 15.3 Å². The van der Waals surface area contributed by atoms with Gasteiger partial charge in [-0.1, -0.05) is 43.6 Å². The van der Waals surface area contributed by atoms with Crippen LogP contribution < -0.4 is 15.4 Å². The first-order chi connectivity index (χ1) is 16.8. The summed E-state index contributed by atoms with van der Waals surface area (Å²) >= 11 is 6.35. The molecule has 0 atom stereocenters. The fourth-order valence-electron chi connectivity index (χ4n) is 3.32. The Morgan fingerprint density at radius 2 is 1.75 bits per heavy atom. The van der Waals surface area contributed by atoms with Gasteiger partial charge in [0.25, 0.3) is 0 Å². The van der Waals surface area contributed by atoms with Crippen molar-refractivity contribution in [2.24, 2.45) is 0 Å². The first kappa shape index (κ1) is 27.7. The predicted molar refractivity (Wildman–Crippen MR) is 145 cm³/mol. The number of sulfone groups is 1. The van der Waals surface area contributed by atoms with E-state index >= 15 is 0 Å². The highest BCUT2D eigenvalue weighted by molar-refractivity contribution is 7.92. The van der Waals surface area contributed by atoms with Gasteiger partial charge < -0.3 is 20.5 Å².